The summed E-state index contributed by atoms with van der Waals surface area (Å²) < 4.78 is 18.2. The molecule has 1 amide bonds. The maximum atomic E-state index is 13.2. The summed E-state index contributed by atoms with van der Waals surface area (Å²) in [5.41, 5.74) is 0.907. The number of carbonyl (C=O) groups is 1. The fraction of sp³-hybridized carbons (Fsp3) is 0.357. The number of carbonyl (C=O) groups excluding carboxylic acids is 1. The lowest BCUT2D eigenvalue weighted by Crippen LogP contribution is -2.20. The van der Waals surface area contributed by atoms with Crippen LogP contribution in [0, 0.1) is 5.82 Å². The lowest BCUT2D eigenvalue weighted by molar-refractivity contribution is -0.120. The lowest BCUT2D eigenvalue weighted by Gasteiger charge is -2.09. The summed E-state index contributed by atoms with van der Waals surface area (Å²) >= 11 is 1.57. The summed E-state index contributed by atoms with van der Waals surface area (Å²) in [4.78, 5) is 15.3. The van der Waals surface area contributed by atoms with E-state index >= 15 is 0 Å². The van der Waals surface area contributed by atoms with Crippen molar-refractivity contribution in [2.75, 3.05) is 7.05 Å². The fourth-order valence-corrected chi connectivity index (χ4v) is 2.55. The minimum absolute atomic E-state index is 0.101. The van der Waals surface area contributed by atoms with E-state index < -0.39 is 0 Å². The molecular weight excluding hydrogens is 293 g/mol. The van der Waals surface area contributed by atoms with Gasteiger partial charge in [0.15, 0.2) is 5.82 Å². The Morgan fingerprint density at radius 2 is 2.33 bits per heavy atom. The van der Waals surface area contributed by atoms with Crippen LogP contribution in [-0.4, -0.2) is 23.1 Å². The van der Waals surface area contributed by atoms with Gasteiger partial charge in [-0.25, -0.2) is 4.39 Å². The molecule has 2 rings (SSSR count). The predicted molar refractivity (Wildman–Crippen MR) is 78.2 cm³/mol. The number of nitrogens with one attached hydrogen (secondary N) is 1. The van der Waals surface area contributed by atoms with E-state index in [9.17, 15) is 9.18 Å². The summed E-state index contributed by atoms with van der Waals surface area (Å²) in [6, 6.07) is 6.51. The third-order valence-corrected chi connectivity index (χ3v) is 4.07. The second kappa shape index (κ2) is 7.21. The predicted octanol–water partition coefficient (Wildman–Crippen LogP) is 2.49. The number of thioether (sulfide) groups is 1. The summed E-state index contributed by atoms with van der Waals surface area (Å²) in [5.74, 6) is 0.928. The van der Waals surface area contributed by atoms with Crippen molar-refractivity contribution in [2.45, 2.75) is 24.3 Å². The number of hydrogen-bond donors (Lipinski definition) is 1. The van der Waals surface area contributed by atoms with Crippen LogP contribution in [0.4, 0.5) is 4.39 Å². The van der Waals surface area contributed by atoms with Gasteiger partial charge in [-0.05, 0) is 24.6 Å². The average molecular weight is 309 g/mol. The normalized spacial score (nSPS) is 12.1. The highest BCUT2D eigenvalue weighted by atomic mass is 32.2. The first-order valence-electron chi connectivity index (χ1n) is 6.47. The van der Waals surface area contributed by atoms with Crippen molar-refractivity contribution in [3.8, 4) is 0 Å². The molecule has 0 aliphatic heterocycles. The van der Waals surface area contributed by atoms with Gasteiger partial charge in [0.1, 0.15) is 5.82 Å². The molecule has 0 bridgehead atoms. The van der Waals surface area contributed by atoms with Crippen molar-refractivity contribution in [1.82, 2.24) is 15.5 Å². The second-order valence-electron chi connectivity index (χ2n) is 4.46. The van der Waals surface area contributed by atoms with Gasteiger partial charge in [-0.1, -0.05) is 17.3 Å². The minimum atomic E-state index is -0.245. The second-order valence-corrected chi connectivity index (χ2v) is 5.79. The maximum absolute atomic E-state index is 13.2. The average Bonchev–Trinajstić information content (AvgIpc) is 2.92. The molecule has 0 aliphatic rings. The molecule has 1 N–H and O–H groups in total. The van der Waals surface area contributed by atoms with Gasteiger partial charge in [-0.15, -0.1) is 11.8 Å². The van der Waals surface area contributed by atoms with Gasteiger partial charge < -0.3 is 9.84 Å². The smallest absolute Gasteiger partial charge is 0.236 e. The number of amides is 1. The molecule has 1 aromatic heterocycles. The maximum Gasteiger partial charge on any atom is 0.236 e. The molecule has 0 fully saturated rings. The van der Waals surface area contributed by atoms with Crippen LogP contribution in [-0.2, 0) is 17.0 Å². The highest BCUT2D eigenvalue weighted by Gasteiger charge is 2.12. The molecule has 0 saturated carbocycles. The van der Waals surface area contributed by atoms with Crippen LogP contribution < -0.4 is 5.32 Å². The molecule has 7 heteroatoms. The molecule has 0 aliphatic carbocycles. The number of likely N-dealkylation sites (N-methyl/N-ethyl adjacent to an activating group) is 1. The summed E-state index contributed by atoms with van der Waals surface area (Å²) in [5, 5.41) is 6.35. The number of hydrogen-bond acceptors (Lipinski definition) is 5. The Labute approximate surface area is 126 Å². The Kier molecular flexibility index (Phi) is 5.32. The first-order chi connectivity index (χ1) is 10.1. The van der Waals surface area contributed by atoms with E-state index in [4.69, 9.17) is 4.52 Å². The molecule has 1 heterocycles. The summed E-state index contributed by atoms with van der Waals surface area (Å²) in [6.07, 6.45) is 0.101. The van der Waals surface area contributed by atoms with Crippen molar-refractivity contribution >= 4 is 17.7 Å². The van der Waals surface area contributed by atoms with E-state index in [-0.39, 0.29) is 23.4 Å². The standard InChI is InChI=1S/C14H16FN3O2S/c1-9(10-4-3-5-11(15)6-10)21-8-14-17-12(18-20-14)7-13(19)16-2/h3-6,9H,7-8H2,1-2H3,(H,16,19). The summed E-state index contributed by atoms with van der Waals surface area (Å²) in [7, 11) is 1.56. The number of rotatable bonds is 6. The highest BCUT2D eigenvalue weighted by molar-refractivity contribution is 7.98. The molecule has 1 atom stereocenters. The summed E-state index contributed by atoms with van der Waals surface area (Å²) in [6.45, 7) is 1.99. The van der Waals surface area contributed by atoms with Crippen LogP contribution >= 0.6 is 11.8 Å². The van der Waals surface area contributed by atoms with Gasteiger partial charge in [-0.2, -0.15) is 4.98 Å². The molecule has 1 aromatic carbocycles. The molecule has 2 aromatic rings. The monoisotopic (exact) mass is 309 g/mol. The Bertz CT molecular complexity index is 618. The molecule has 112 valence electrons. The Balaban J connectivity index is 1.89. The first kappa shape index (κ1) is 15.5. The third-order valence-electron chi connectivity index (χ3n) is 2.88. The molecule has 5 nitrogen and oxygen atoms in total. The van der Waals surface area contributed by atoms with E-state index in [1.165, 1.54) is 12.1 Å². The van der Waals surface area contributed by atoms with Gasteiger partial charge in [0.05, 0.1) is 12.2 Å². The van der Waals surface area contributed by atoms with Crippen LogP contribution in [0.3, 0.4) is 0 Å². The number of benzene rings is 1. The van der Waals surface area contributed by atoms with Crippen molar-refractivity contribution in [1.29, 1.82) is 0 Å². The Morgan fingerprint density at radius 1 is 1.52 bits per heavy atom. The van der Waals surface area contributed by atoms with Crippen molar-refractivity contribution in [2.24, 2.45) is 0 Å². The van der Waals surface area contributed by atoms with E-state index in [2.05, 4.69) is 15.5 Å². The Morgan fingerprint density at radius 3 is 3.05 bits per heavy atom. The van der Waals surface area contributed by atoms with Gasteiger partial charge in [0, 0.05) is 12.3 Å². The molecular formula is C14H16FN3O2S. The van der Waals surface area contributed by atoms with Crippen LogP contribution in [0.5, 0.6) is 0 Å². The number of nitrogens with zero attached hydrogens (tertiary/aromatic N) is 2. The van der Waals surface area contributed by atoms with Crippen LogP contribution in [0.15, 0.2) is 28.8 Å². The van der Waals surface area contributed by atoms with Crippen molar-refractivity contribution < 1.29 is 13.7 Å². The van der Waals surface area contributed by atoms with Gasteiger partial charge in [0.2, 0.25) is 11.8 Å². The van der Waals surface area contributed by atoms with Gasteiger partial charge in [-0.3, -0.25) is 4.79 Å². The minimum Gasteiger partial charge on any atom is -0.359 e. The third kappa shape index (κ3) is 4.56. The van der Waals surface area contributed by atoms with E-state index in [1.54, 1.807) is 24.9 Å². The molecule has 0 radical (unpaired) electrons. The van der Waals surface area contributed by atoms with Crippen LogP contribution in [0.2, 0.25) is 0 Å². The fourth-order valence-electron chi connectivity index (χ4n) is 1.70. The number of halogens is 1. The van der Waals surface area contributed by atoms with Crippen LogP contribution in [0.25, 0.3) is 0 Å². The van der Waals surface area contributed by atoms with Crippen molar-refractivity contribution in [3.05, 3.63) is 47.4 Å². The zero-order valence-electron chi connectivity index (χ0n) is 11.8. The van der Waals surface area contributed by atoms with E-state index in [0.717, 1.165) is 5.56 Å². The molecule has 21 heavy (non-hydrogen) atoms. The molecule has 0 saturated heterocycles. The highest BCUT2D eigenvalue weighted by Crippen LogP contribution is 2.30. The topological polar surface area (TPSA) is 68.0 Å². The lowest BCUT2D eigenvalue weighted by atomic mass is 10.2. The van der Waals surface area contributed by atoms with Crippen molar-refractivity contribution in [3.63, 3.8) is 0 Å². The quantitative estimate of drug-likeness (QED) is 0.888. The zero-order chi connectivity index (χ0) is 15.2. The van der Waals surface area contributed by atoms with Crippen LogP contribution in [0.1, 0.15) is 29.5 Å². The molecule has 0 spiro atoms. The van der Waals surface area contributed by atoms with Gasteiger partial charge in [0.25, 0.3) is 0 Å². The Hall–Kier alpha value is -1.89. The first-order valence-corrected chi connectivity index (χ1v) is 7.52. The van der Waals surface area contributed by atoms with E-state index in [0.29, 0.717) is 17.5 Å². The zero-order valence-corrected chi connectivity index (χ0v) is 12.6. The largest absolute Gasteiger partial charge is 0.359 e. The number of aromatic nitrogens is 2. The van der Waals surface area contributed by atoms with E-state index in [1.807, 2.05) is 13.0 Å². The van der Waals surface area contributed by atoms with Gasteiger partial charge >= 0.3 is 0 Å². The molecule has 1 unspecified atom stereocenters. The SMILES string of the molecule is CNC(=O)Cc1noc(CSC(C)c2cccc(F)c2)n1.